The lowest BCUT2D eigenvalue weighted by Crippen LogP contribution is -2.61. The number of ether oxygens (including phenoxy) is 1. The lowest BCUT2D eigenvalue weighted by atomic mass is 9.86. The zero-order valence-electron chi connectivity index (χ0n) is 19.9. The molecule has 1 aromatic heterocycles. The molecule has 1 saturated heterocycles. The van der Waals surface area contributed by atoms with Gasteiger partial charge in [0.2, 0.25) is 0 Å². The first-order chi connectivity index (χ1) is 15.2. The third-order valence-corrected chi connectivity index (χ3v) is 5.41. The Morgan fingerprint density at radius 3 is 2.45 bits per heavy atom. The number of phenolic OH excluding ortho intramolecular Hbond substituents is 1. The van der Waals surface area contributed by atoms with Crippen LogP contribution in [0.15, 0.2) is 28.7 Å². The van der Waals surface area contributed by atoms with E-state index in [-0.39, 0.29) is 41.5 Å². The highest BCUT2D eigenvalue weighted by Gasteiger charge is 2.35. The number of amides is 2. The Morgan fingerprint density at radius 2 is 1.85 bits per heavy atom. The van der Waals surface area contributed by atoms with Gasteiger partial charge in [0, 0.05) is 24.2 Å². The molecule has 0 radical (unpaired) electrons. The Hall–Kier alpha value is -2.87. The second-order valence-electron chi connectivity index (χ2n) is 10.3. The number of carbonyl (C=O) groups excluding carboxylic acids is 2. The molecular weight excluding hydrogens is 446 g/mol. The van der Waals surface area contributed by atoms with Gasteiger partial charge in [-0.1, -0.05) is 32.4 Å². The molecular formula is C24H32ClN3O5. The first-order valence-corrected chi connectivity index (χ1v) is 11.2. The summed E-state index contributed by atoms with van der Waals surface area (Å²) in [4.78, 5) is 26.0. The van der Waals surface area contributed by atoms with E-state index in [1.807, 2.05) is 47.6 Å². The fraction of sp³-hybridized carbons (Fsp3) is 0.500. The average molecular weight is 478 g/mol. The molecule has 0 unspecified atom stereocenters. The summed E-state index contributed by atoms with van der Waals surface area (Å²) < 4.78 is 11.0. The van der Waals surface area contributed by atoms with Gasteiger partial charge in [0.05, 0.1) is 18.3 Å². The molecule has 0 spiro atoms. The van der Waals surface area contributed by atoms with Crippen LogP contribution < -0.4 is 10.6 Å². The Balaban J connectivity index is 1.53. The van der Waals surface area contributed by atoms with Crippen molar-refractivity contribution in [2.24, 2.45) is 0 Å². The van der Waals surface area contributed by atoms with Gasteiger partial charge in [-0.05, 0) is 49.9 Å². The Bertz CT molecular complexity index is 1030. The van der Waals surface area contributed by atoms with Crippen molar-refractivity contribution in [1.82, 2.24) is 10.2 Å². The van der Waals surface area contributed by atoms with E-state index in [0.717, 1.165) is 5.56 Å². The van der Waals surface area contributed by atoms with Crippen LogP contribution in [0.1, 0.15) is 63.4 Å². The summed E-state index contributed by atoms with van der Waals surface area (Å²) >= 11 is 6.27. The largest absolute Gasteiger partial charge is 0.506 e. The van der Waals surface area contributed by atoms with E-state index in [2.05, 4.69) is 10.6 Å². The lowest BCUT2D eigenvalue weighted by molar-refractivity contribution is 0.00521. The van der Waals surface area contributed by atoms with Crippen molar-refractivity contribution in [3.63, 3.8) is 0 Å². The van der Waals surface area contributed by atoms with E-state index in [9.17, 15) is 14.7 Å². The maximum atomic E-state index is 12.5. The van der Waals surface area contributed by atoms with E-state index in [1.165, 1.54) is 11.0 Å². The maximum absolute atomic E-state index is 12.5. The second-order valence-corrected chi connectivity index (χ2v) is 10.7. The van der Waals surface area contributed by atoms with Crippen molar-refractivity contribution >= 4 is 29.3 Å². The summed E-state index contributed by atoms with van der Waals surface area (Å²) in [5.74, 6) is 0.408. The summed E-state index contributed by atoms with van der Waals surface area (Å²) in [6.07, 6.45) is -0.389. The molecule has 1 aromatic carbocycles. The van der Waals surface area contributed by atoms with Crippen LogP contribution in [0, 0.1) is 0 Å². The fourth-order valence-electron chi connectivity index (χ4n) is 3.36. The zero-order valence-corrected chi connectivity index (χ0v) is 20.7. The smallest absolute Gasteiger partial charge is 0.410 e. The van der Waals surface area contributed by atoms with Gasteiger partial charge in [-0.25, -0.2) is 4.79 Å². The fourth-order valence-corrected chi connectivity index (χ4v) is 3.80. The van der Waals surface area contributed by atoms with Gasteiger partial charge in [0.15, 0.2) is 5.76 Å². The van der Waals surface area contributed by atoms with Crippen molar-refractivity contribution < 1.29 is 23.8 Å². The number of furan rings is 1. The molecule has 2 heterocycles. The third kappa shape index (κ3) is 6.35. The highest BCUT2D eigenvalue weighted by atomic mass is 35.5. The van der Waals surface area contributed by atoms with Crippen molar-refractivity contribution in [3.8, 4) is 5.75 Å². The summed E-state index contributed by atoms with van der Waals surface area (Å²) in [6.45, 7) is 12.6. The number of halogens is 1. The Morgan fingerprint density at radius 1 is 1.18 bits per heavy atom. The van der Waals surface area contributed by atoms with Crippen molar-refractivity contribution in [3.05, 3.63) is 46.4 Å². The predicted octanol–water partition coefficient (Wildman–Crippen LogP) is 4.90. The monoisotopic (exact) mass is 477 g/mol. The van der Waals surface area contributed by atoms with Gasteiger partial charge in [-0.3, -0.25) is 4.79 Å². The molecule has 3 N–H and O–H groups in total. The molecule has 1 aliphatic heterocycles. The van der Waals surface area contributed by atoms with Crippen LogP contribution in [0.2, 0.25) is 5.02 Å². The number of nitrogens with one attached hydrogen (secondary N) is 2. The quantitative estimate of drug-likeness (QED) is 0.529. The Labute approximate surface area is 199 Å². The topological polar surface area (TPSA) is 104 Å². The average Bonchev–Trinajstić information content (AvgIpc) is 3.10. The van der Waals surface area contributed by atoms with Crippen LogP contribution in [0.4, 0.5) is 10.5 Å². The van der Waals surface area contributed by atoms with Crippen LogP contribution in [-0.2, 0) is 16.7 Å². The van der Waals surface area contributed by atoms with Gasteiger partial charge in [0.25, 0.3) is 5.91 Å². The van der Waals surface area contributed by atoms with Crippen molar-refractivity contribution in [2.45, 2.75) is 65.1 Å². The van der Waals surface area contributed by atoms with Gasteiger partial charge in [0.1, 0.15) is 17.1 Å². The number of aromatic hydroxyl groups is 1. The molecule has 180 valence electrons. The number of phenols is 1. The molecule has 2 aromatic rings. The molecule has 0 saturated carbocycles. The molecule has 2 amide bonds. The second kappa shape index (κ2) is 9.17. The molecule has 8 nitrogen and oxygen atoms in total. The predicted molar refractivity (Wildman–Crippen MR) is 127 cm³/mol. The van der Waals surface area contributed by atoms with Gasteiger partial charge < -0.3 is 29.8 Å². The van der Waals surface area contributed by atoms with E-state index >= 15 is 0 Å². The van der Waals surface area contributed by atoms with Crippen LogP contribution in [0.3, 0.4) is 0 Å². The summed E-state index contributed by atoms with van der Waals surface area (Å²) in [7, 11) is 0. The van der Waals surface area contributed by atoms with Crippen molar-refractivity contribution in [2.75, 3.05) is 18.4 Å². The highest BCUT2D eigenvalue weighted by Crippen LogP contribution is 2.37. The Kier molecular flexibility index (Phi) is 6.88. The van der Waals surface area contributed by atoms with Crippen LogP contribution in [0.5, 0.6) is 5.75 Å². The number of hydrogen-bond donors (Lipinski definition) is 3. The normalized spacial score (nSPS) is 14.6. The standard InChI is InChI=1S/C24H32ClN3O5/c1-23(2,3)16-9-18(19(29)10-17(16)25)26-11-15-7-8-20(32-15)21(30)27-14-12-28(13-14)22(31)33-24(4,5)6/h7-10,14,26,29H,11-13H2,1-6H3,(H,27,30). The number of nitrogens with zero attached hydrogens (tertiary/aromatic N) is 1. The summed E-state index contributed by atoms with van der Waals surface area (Å²) in [5, 5.41) is 16.7. The molecule has 1 aliphatic rings. The van der Waals surface area contributed by atoms with E-state index in [1.54, 1.807) is 12.1 Å². The van der Waals surface area contributed by atoms with E-state index < -0.39 is 5.60 Å². The number of carbonyl (C=O) groups is 2. The van der Waals surface area contributed by atoms with Crippen LogP contribution in [-0.4, -0.2) is 46.7 Å². The number of rotatable bonds is 5. The number of likely N-dealkylation sites (tertiary alicyclic amines) is 1. The number of hydrogen-bond acceptors (Lipinski definition) is 6. The minimum absolute atomic E-state index is 0.0389. The molecule has 0 bridgehead atoms. The van der Waals surface area contributed by atoms with E-state index in [0.29, 0.717) is 29.6 Å². The number of anilines is 1. The molecule has 9 heteroatoms. The summed E-state index contributed by atoms with van der Waals surface area (Å²) in [6, 6.07) is 6.48. The third-order valence-electron chi connectivity index (χ3n) is 5.10. The molecule has 33 heavy (non-hydrogen) atoms. The maximum Gasteiger partial charge on any atom is 0.410 e. The first-order valence-electron chi connectivity index (χ1n) is 10.9. The van der Waals surface area contributed by atoms with Crippen LogP contribution >= 0.6 is 11.6 Å². The van der Waals surface area contributed by atoms with Gasteiger partial charge >= 0.3 is 6.09 Å². The first kappa shape index (κ1) is 24.8. The summed E-state index contributed by atoms with van der Waals surface area (Å²) in [5.41, 5.74) is 0.701. The minimum Gasteiger partial charge on any atom is -0.506 e. The highest BCUT2D eigenvalue weighted by molar-refractivity contribution is 6.31. The molecule has 3 rings (SSSR count). The van der Waals surface area contributed by atoms with Crippen LogP contribution in [0.25, 0.3) is 0 Å². The lowest BCUT2D eigenvalue weighted by Gasteiger charge is -2.39. The molecule has 0 aliphatic carbocycles. The molecule has 1 fully saturated rings. The van der Waals surface area contributed by atoms with E-state index in [4.69, 9.17) is 20.8 Å². The SMILES string of the molecule is CC(C)(C)OC(=O)N1CC(NC(=O)c2ccc(CNc3cc(C(C)(C)C)c(Cl)cc3O)o2)C1. The molecule has 0 atom stereocenters. The van der Waals surface area contributed by atoms with Crippen molar-refractivity contribution in [1.29, 1.82) is 0 Å². The van der Waals surface area contributed by atoms with Gasteiger partial charge in [-0.2, -0.15) is 0 Å². The minimum atomic E-state index is -0.554. The zero-order chi connectivity index (χ0) is 24.6. The number of benzene rings is 1. The van der Waals surface area contributed by atoms with Gasteiger partial charge in [-0.15, -0.1) is 0 Å².